The zero-order valence-electron chi connectivity index (χ0n) is 16.4. The number of hydrogen-bond acceptors (Lipinski definition) is 4. The molecule has 2 amide bonds. The van der Waals surface area contributed by atoms with E-state index < -0.39 is 24.3 Å². The number of carbonyl (C=O) groups is 3. The van der Waals surface area contributed by atoms with Crippen LogP contribution in [0, 0.1) is 0 Å². The van der Waals surface area contributed by atoms with Gasteiger partial charge < -0.3 is 20.1 Å². The minimum Gasteiger partial charge on any atom is -0.481 e. The zero-order valence-corrected chi connectivity index (χ0v) is 17.2. The molecule has 1 atom stereocenters. The minimum atomic E-state index is -1.25. The summed E-state index contributed by atoms with van der Waals surface area (Å²) in [5, 5.41) is 11.9. The molecule has 7 nitrogen and oxygen atoms in total. The normalized spacial score (nSPS) is 11.7. The average molecular weight is 413 g/mol. The highest BCUT2D eigenvalue weighted by atomic mass is 35.5. The number of carboxylic acid groups (broad SMARTS) is 1. The van der Waals surface area contributed by atoms with E-state index >= 15 is 0 Å². The van der Waals surface area contributed by atoms with Gasteiger partial charge in [0.1, 0.15) is 12.5 Å². The molecule has 2 N–H and O–H groups in total. The van der Waals surface area contributed by atoms with Gasteiger partial charge in [0.05, 0.1) is 0 Å². The molecule has 1 rings (SSSR count). The van der Waals surface area contributed by atoms with E-state index in [2.05, 4.69) is 12.2 Å². The molecule has 0 spiro atoms. The Morgan fingerprint density at radius 3 is 2.36 bits per heavy atom. The lowest BCUT2D eigenvalue weighted by molar-refractivity contribution is -0.143. The Bertz CT molecular complexity index is 626. The molecule has 0 unspecified atom stereocenters. The fourth-order valence-electron chi connectivity index (χ4n) is 2.76. The van der Waals surface area contributed by atoms with Crippen LogP contribution in [-0.4, -0.2) is 54.6 Å². The molecule has 0 bridgehead atoms. The Hall–Kier alpha value is -2.12. The van der Waals surface area contributed by atoms with Gasteiger partial charge in [-0.05, 0) is 30.5 Å². The van der Waals surface area contributed by atoms with E-state index in [-0.39, 0.29) is 5.91 Å². The molecular weight excluding hydrogens is 384 g/mol. The van der Waals surface area contributed by atoms with Crippen LogP contribution in [-0.2, 0) is 19.1 Å². The van der Waals surface area contributed by atoms with Crippen molar-refractivity contribution in [3.63, 3.8) is 0 Å². The van der Waals surface area contributed by atoms with Crippen molar-refractivity contribution in [2.24, 2.45) is 0 Å². The molecule has 0 radical (unpaired) electrons. The summed E-state index contributed by atoms with van der Waals surface area (Å²) in [4.78, 5) is 37.8. The first kappa shape index (κ1) is 23.9. The minimum absolute atomic E-state index is 0.270. The third kappa shape index (κ3) is 8.71. The second kappa shape index (κ2) is 13.1. The molecule has 0 aliphatic rings. The Morgan fingerprint density at radius 1 is 1.14 bits per heavy atom. The summed E-state index contributed by atoms with van der Waals surface area (Å²) in [7, 11) is 1.60. The Balaban J connectivity index is 3.03. The van der Waals surface area contributed by atoms with Gasteiger partial charge >= 0.3 is 5.97 Å². The molecule has 0 heterocycles. The molecule has 0 fully saturated rings. The standard InChI is InChI=1S/C20H29ClN2O5/c1-3-4-5-11-23(12-6-13-28-2)20(27)19(22-17(24)14-18(25)26)15-7-9-16(21)10-8-15/h7-10,19H,3-6,11-14H2,1-2H3,(H,22,24)(H,25,26)/t19-/m0/s1. The Labute approximate surface area is 171 Å². The summed E-state index contributed by atoms with van der Waals surface area (Å²) in [6.07, 6.45) is 2.84. The highest BCUT2D eigenvalue weighted by molar-refractivity contribution is 6.30. The molecule has 1 aromatic carbocycles. The molecule has 0 saturated heterocycles. The van der Waals surface area contributed by atoms with Gasteiger partial charge in [0.25, 0.3) is 0 Å². The number of nitrogens with zero attached hydrogens (tertiary/aromatic N) is 1. The van der Waals surface area contributed by atoms with Gasteiger partial charge in [-0.3, -0.25) is 14.4 Å². The van der Waals surface area contributed by atoms with Crippen molar-refractivity contribution in [2.75, 3.05) is 26.8 Å². The van der Waals surface area contributed by atoms with Crippen LogP contribution < -0.4 is 5.32 Å². The smallest absolute Gasteiger partial charge is 0.312 e. The van der Waals surface area contributed by atoms with Crippen molar-refractivity contribution in [1.29, 1.82) is 0 Å². The summed E-state index contributed by atoms with van der Waals surface area (Å²) < 4.78 is 5.08. The molecule has 0 aliphatic heterocycles. The van der Waals surface area contributed by atoms with Crippen LogP contribution in [0.1, 0.15) is 50.6 Å². The first-order valence-electron chi connectivity index (χ1n) is 9.43. The number of halogens is 1. The zero-order chi connectivity index (χ0) is 20.9. The predicted octanol–water partition coefficient (Wildman–Crippen LogP) is 3.03. The number of hydrogen-bond donors (Lipinski definition) is 2. The topological polar surface area (TPSA) is 95.9 Å². The highest BCUT2D eigenvalue weighted by Crippen LogP contribution is 2.20. The maximum absolute atomic E-state index is 13.2. The summed E-state index contributed by atoms with van der Waals surface area (Å²) in [5.41, 5.74) is 0.556. The van der Waals surface area contributed by atoms with Gasteiger partial charge in [0.15, 0.2) is 0 Å². The van der Waals surface area contributed by atoms with E-state index in [4.69, 9.17) is 21.4 Å². The van der Waals surface area contributed by atoms with Crippen molar-refractivity contribution < 1.29 is 24.2 Å². The van der Waals surface area contributed by atoms with Crippen LogP contribution in [0.3, 0.4) is 0 Å². The van der Waals surface area contributed by atoms with Crippen LogP contribution in [0.5, 0.6) is 0 Å². The van der Waals surface area contributed by atoms with Gasteiger partial charge in [0.2, 0.25) is 11.8 Å². The number of ether oxygens (including phenoxy) is 1. The third-order valence-electron chi connectivity index (χ3n) is 4.19. The maximum Gasteiger partial charge on any atom is 0.312 e. The molecule has 8 heteroatoms. The fraction of sp³-hybridized carbons (Fsp3) is 0.550. The Morgan fingerprint density at radius 2 is 1.79 bits per heavy atom. The second-order valence-electron chi connectivity index (χ2n) is 6.50. The first-order valence-corrected chi connectivity index (χ1v) is 9.81. The number of amides is 2. The summed E-state index contributed by atoms with van der Waals surface area (Å²) in [6.45, 7) is 3.67. The van der Waals surface area contributed by atoms with Crippen LogP contribution >= 0.6 is 11.6 Å². The number of benzene rings is 1. The van der Waals surface area contributed by atoms with Gasteiger partial charge in [-0.15, -0.1) is 0 Å². The van der Waals surface area contributed by atoms with Crippen molar-refractivity contribution in [3.8, 4) is 0 Å². The summed E-state index contributed by atoms with van der Waals surface area (Å²) in [5.74, 6) is -2.24. The monoisotopic (exact) mass is 412 g/mol. The molecule has 156 valence electrons. The lowest BCUT2D eigenvalue weighted by atomic mass is 10.0. The van der Waals surface area contributed by atoms with Crippen molar-refractivity contribution in [1.82, 2.24) is 10.2 Å². The van der Waals surface area contributed by atoms with Gasteiger partial charge in [-0.2, -0.15) is 0 Å². The maximum atomic E-state index is 13.2. The number of nitrogens with one attached hydrogen (secondary N) is 1. The number of unbranched alkanes of at least 4 members (excludes halogenated alkanes) is 2. The quantitative estimate of drug-likeness (QED) is 0.383. The number of rotatable bonds is 13. The number of aliphatic carboxylic acids is 1. The summed E-state index contributed by atoms with van der Waals surface area (Å²) in [6, 6.07) is 5.62. The predicted molar refractivity (Wildman–Crippen MR) is 107 cm³/mol. The van der Waals surface area contributed by atoms with Gasteiger partial charge in [-0.25, -0.2) is 0 Å². The second-order valence-corrected chi connectivity index (χ2v) is 6.94. The lowest BCUT2D eigenvalue weighted by Gasteiger charge is -2.28. The van der Waals surface area contributed by atoms with Gasteiger partial charge in [0, 0.05) is 31.8 Å². The highest BCUT2D eigenvalue weighted by Gasteiger charge is 2.27. The summed E-state index contributed by atoms with van der Waals surface area (Å²) >= 11 is 5.93. The molecule has 1 aromatic rings. The lowest BCUT2D eigenvalue weighted by Crippen LogP contribution is -2.44. The van der Waals surface area contributed by atoms with E-state index in [1.165, 1.54) is 0 Å². The van der Waals surface area contributed by atoms with Crippen molar-refractivity contribution in [2.45, 2.75) is 45.1 Å². The number of carbonyl (C=O) groups excluding carboxylic acids is 2. The van der Waals surface area contributed by atoms with Crippen LogP contribution in [0.2, 0.25) is 5.02 Å². The van der Waals surface area contributed by atoms with Crippen molar-refractivity contribution >= 4 is 29.4 Å². The largest absolute Gasteiger partial charge is 0.481 e. The van der Waals surface area contributed by atoms with Crippen LogP contribution in [0.15, 0.2) is 24.3 Å². The van der Waals surface area contributed by atoms with Gasteiger partial charge in [-0.1, -0.05) is 43.5 Å². The van der Waals surface area contributed by atoms with E-state index in [1.54, 1.807) is 36.3 Å². The van der Waals surface area contributed by atoms with Crippen molar-refractivity contribution in [3.05, 3.63) is 34.9 Å². The number of carboxylic acids is 1. The fourth-order valence-corrected chi connectivity index (χ4v) is 2.89. The average Bonchev–Trinajstić information content (AvgIpc) is 2.65. The van der Waals surface area contributed by atoms with E-state index in [0.717, 1.165) is 19.3 Å². The van der Waals surface area contributed by atoms with Crippen LogP contribution in [0.25, 0.3) is 0 Å². The molecule has 28 heavy (non-hydrogen) atoms. The van der Waals surface area contributed by atoms with E-state index in [9.17, 15) is 14.4 Å². The molecule has 0 aromatic heterocycles. The van der Waals surface area contributed by atoms with E-state index in [0.29, 0.717) is 36.7 Å². The number of methoxy groups -OCH3 is 1. The molecular formula is C20H29ClN2O5. The first-order chi connectivity index (χ1) is 13.4. The molecule has 0 aliphatic carbocycles. The molecule has 0 saturated carbocycles. The Kier molecular flexibility index (Phi) is 11.2. The van der Waals surface area contributed by atoms with E-state index in [1.807, 2.05) is 0 Å². The third-order valence-corrected chi connectivity index (χ3v) is 4.44. The van der Waals surface area contributed by atoms with Crippen LogP contribution in [0.4, 0.5) is 0 Å². The SMILES string of the molecule is CCCCCN(CCCOC)C(=O)[C@@H](NC(=O)CC(=O)O)c1ccc(Cl)cc1.